The Morgan fingerprint density at radius 3 is 2.65 bits per heavy atom. The van der Waals surface area contributed by atoms with Gasteiger partial charge in [0.05, 0.1) is 19.8 Å². The molecular formula is C19H25N3O4. The van der Waals surface area contributed by atoms with Crippen LogP contribution in [0.1, 0.15) is 44.2 Å². The van der Waals surface area contributed by atoms with Crippen molar-refractivity contribution in [3.63, 3.8) is 0 Å². The fourth-order valence-corrected chi connectivity index (χ4v) is 4.11. The van der Waals surface area contributed by atoms with Crippen molar-refractivity contribution >= 4 is 17.8 Å². The Kier molecular flexibility index (Phi) is 4.56. The second-order valence-electron chi connectivity index (χ2n) is 7.45. The molecule has 2 amide bonds. The van der Waals surface area contributed by atoms with Crippen LogP contribution >= 0.6 is 0 Å². The van der Waals surface area contributed by atoms with Gasteiger partial charge in [0, 0.05) is 44.5 Å². The van der Waals surface area contributed by atoms with E-state index in [0.29, 0.717) is 31.5 Å². The molecule has 1 aromatic heterocycles. The zero-order chi connectivity index (χ0) is 18.1. The summed E-state index contributed by atoms with van der Waals surface area (Å²) in [5.74, 6) is 1.11. The van der Waals surface area contributed by atoms with Gasteiger partial charge in [-0.15, -0.1) is 0 Å². The lowest BCUT2D eigenvalue weighted by Crippen LogP contribution is -2.40. The molecule has 0 saturated carbocycles. The number of carbonyl (C=O) groups excluding carboxylic acids is 2. The molecule has 0 aliphatic carbocycles. The maximum Gasteiger partial charge on any atom is 0.416 e. The highest BCUT2D eigenvalue weighted by Gasteiger charge is 2.47. The van der Waals surface area contributed by atoms with Crippen LogP contribution in [0.15, 0.2) is 18.2 Å². The second kappa shape index (κ2) is 6.87. The van der Waals surface area contributed by atoms with Gasteiger partial charge in [-0.1, -0.05) is 6.07 Å². The van der Waals surface area contributed by atoms with Gasteiger partial charge in [-0.2, -0.15) is 0 Å². The molecule has 0 radical (unpaired) electrons. The molecule has 0 N–H and O–H groups in total. The van der Waals surface area contributed by atoms with Gasteiger partial charge < -0.3 is 14.4 Å². The smallest absolute Gasteiger partial charge is 0.416 e. The summed E-state index contributed by atoms with van der Waals surface area (Å²) < 4.78 is 11.1. The lowest BCUT2D eigenvalue weighted by atomic mass is 9.93. The minimum Gasteiger partial charge on any atom is -0.440 e. The van der Waals surface area contributed by atoms with E-state index in [1.54, 1.807) is 11.8 Å². The summed E-state index contributed by atoms with van der Waals surface area (Å²) in [6.45, 7) is 4.94. The Balaban J connectivity index is 1.48. The van der Waals surface area contributed by atoms with Crippen LogP contribution in [0.25, 0.3) is 0 Å². The Labute approximate surface area is 153 Å². The standard InChI is InChI=1S/C19H25N3O4/c1-14(23)21-9-5-15(6-10-21)16-3-2-4-17(20-16)22-13-19(26-18(22)24)7-11-25-12-8-19/h2-4,15H,5-13H2,1H3. The summed E-state index contributed by atoms with van der Waals surface area (Å²) in [6.07, 6.45) is 2.96. The van der Waals surface area contributed by atoms with E-state index in [1.165, 1.54) is 0 Å². The van der Waals surface area contributed by atoms with E-state index < -0.39 is 5.60 Å². The fraction of sp³-hybridized carbons (Fsp3) is 0.632. The number of ether oxygens (including phenoxy) is 2. The monoisotopic (exact) mass is 359 g/mol. The number of hydrogen-bond acceptors (Lipinski definition) is 5. The molecule has 0 atom stereocenters. The van der Waals surface area contributed by atoms with Crippen molar-refractivity contribution in [2.75, 3.05) is 37.7 Å². The highest BCUT2D eigenvalue weighted by Crippen LogP contribution is 2.35. The summed E-state index contributed by atoms with van der Waals surface area (Å²) in [7, 11) is 0. The van der Waals surface area contributed by atoms with Crippen LogP contribution in [0.2, 0.25) is 0 Å². The molecule has 7 heteroatoms. The number of carbonyl (C=O) groups is 2. The predicted molar refractivity (Wildman–Crippen MR) is 95.1 cm³/mol. The Morgan fingerprint density at radius 1 is 1.23 bits per heavy atom. The van der Waals surface area contributed by atoms with Crippen molar-refractivity contribution in [1.82, 2.24) is 9.88 Å². The zero-order valence-corrected chi connectivity index (χ0v) is 15.1. The number of anilines is 1. The molecule has 3 aliphatic heterocycles. The van der Waals surface area contributed by atoms with Crippen LogP contribution in [-0.4, -0.2) is 60.3 Å². The first kappa shape index (κ1) is 17.3. The largest absolute Gasteiger partial charge is 0.440 e. The van der Waals surface area contributed by atoms with E-state index >= 15 is 0 Å². The highest BCUT2D eigenvalue weighted by molar-refractivity contribution is 5.89. The third kappa shape index (κ3) is 3.28. The van der Waals surface area contributed by atoms with Crippen molar-refractivity contribution in [2.24, 2.45) is 0 Å². The molecule has 26 heavy (non-hydrogen) atoms. The minimum absolute atomic E-state index is 0.131. The van der Waals surface area contributed by atoms with Crippen molar-refractivity contribution in [3.8, 4) is 0 Å². The molecule has 1 aromatic rings. The zero-order valence-electron chi connectivity index (χ0n) is 15.1. The Morgan fingerprint density at radius 2 is 1.96 bits per heavy atom. The summed E-state index contributed by atoms with van der Waals surface area (Å²) in [5, 5.41) is 0. The highest BCUT2D eigenvalue weighted by atomic mass is 16.6. The van der Waals surface area contributed by atoms with Crippen LogP contribution < -0.4 is 4.90 Å². The van der Waals surface area contributed by atoms with Crippen molar-refractivity contribution in [3.05, 3.63) is 23.9 Å². The topological polar surface area (TPSA) is 72.0 Å². The maximum absolute atomic E-state index is 12.4. The molecule has 4 rings (SSSR count). The molecule has 7 nitrogen and oxygen atoms in total. The molecule has 4 heterocycles. The van der Waals surface area contributed by atoms with Gasteiger partial charge in [-0.25, -0.2) is 9.78 Å². The molecule has 0 bridgehead atoms. The van der Waals surface area contributed by atoms with E-state index in [2.05, 4.69) is 0 Å². The van der Waals surface area contributed by atoms with Crippen LogP contribution in [-0.2, 0) is 14.3 Å². The normalized spacial score (nSPS) is 23.3. The first-order valence-electron chi connectivity index (χ1n) is 9.37. The summed E-state index contributed by atoms with van der Waals surface area (Å²) in [6, 6.07) is 5.84. The SMILES string of the molecule is CC(=O)N1CCC(c2cccc(N3CC4(CCOCC4)OC3=O)n2)CC1. The van der Waals surface area contributed by atoms with E-state index in [0.717, 1.165) is 44.5 Å². The van der Waals surface area contributed by atoms with Gasteiger partial charge in [0.2, 0.25) is 5.91 Å². The number of likely N-dealkylation sites (tertiary alicyclic amines) is 1. The third-order valence-electron chi connectivity index (χ3n) is 5.77. The lowest BCUT2D eigenvalue weighted by Gasteiger charge is -2.31. The number of piperidine rings is 1. The minimum atomic E-state index is -0.431. The summed E-state index contributed by atoms with van der Waals surface area (Å²) in [4.78, 5) is 32.2. The van der Waals surface area contributed by atoms with Gasteiger partial charge in [-0.05, 0) is 25.0 Å². The lowest BCUT2D eigenvalue weighted by molar-refractivity contribution is -0.129. The number of amides is 2. The predicted octanol–water partition coefficient (Wildman–Crippen LogP) is 2.31. The Bertz CT molecular complexity index is 694. The van der Waals surface area contributed by atoms with Crippen molar-refractivity contribution < 1.29 is 19.1 Å². The number of pyridine rings is 1. The molecule has 3 saturated heterocycles. The van der Waals surface area contributed by atoms with Gasteiger partial charge >= 0.3 is 6.09 Å². The first-order valence-corrected chi connectivity index (χ1v) is 9.37. The Hall–Kier alpha value is -2.15. The molecule has 0 aromatic carbocycles. The van der Waals surface area contributed by atoms with Gasteiger partial charge in [0.15, 0.2) is 0 Å². The van der Waals surface area contributed by atoms with Gasteiger partial charge in [0.25, 0.3) is 0 Å². The third-order valence-corrected chi connectivity index (χ3v) is 5.77. The summed E-state index contributed by atoms with van der Waals surface area (Å²) in [5.41, 5.74) is 0.561. The first-order chi connectivity index (χ1) is 12.6. The number of hydrogen-bond donors (Lipinski definition) is 0. The van der Waals surface area contributed by atoms with Gasteiger partial charge in [-0.3, -0.25) is 9.69 Å². The van der Waals surface area contributed by atoms with Crippen LogP contribution in [0.3, 0.4) is 0 Å². The number of nitrogens with zero attached hydrogens (tertiary/aromatic N) is 3. The van der Waals surface area contributed by atoms with Crippen LogP contribution in [0.5, 0.6) is 0 Å². The average Bonchev–Trinajstić information content (AvgIpc) is 2.98. The quantitative estimate of drug-likeness (QED) is 0.810. The molecule has 1 spiro atoms. The van der Waals surface area contributed by atoms with E-state index in [1.807, 2.05) is 23.1 Å². The molecular weight excluding hydrogens is 334 g/mol. The second-order valence-corrected chi connectivity index (χ2v) is 7.45. The molecule has 140 valence electrons. The summed E-state index contributed by atoms with van der Waals surface area (Å²) >= 11 is 0. The number of aromatic nitrogens is 1. The molecule has 0 unspecified atom stereocenters. The van der Waals surface area contributed by atoms with Crippen LogP contribution in [0, 0.1) is 0 Å². The van der Waals surface area contributed by atoms with Crippen LogP contribution in [0.4, 0.5) is 10.6 Å². The van der Waals surface area contributed by atoms with E-state index in [9.17, 15) is 9.59 Å². The average molecular weight is 359 g/mol. The van der Waals surface area contributed by atoms with Gasteiger partial charge in [0.1, 0.15) is 11.4 Å². The van der Waals surface area contributed by atoms with E-state index in [-0.39, 0.29) is 12.0 Å². The number of rotatable bonds is 2. The van der Waals surface area contributed by atoms with Crippen molar-refractivity contribution in [1.29, 1.82) is 0 Å². The van der Waals surface area contributed by atoms with Crippen molar-refractivity contribution in [2.45, 2.75) is 44.1 Å². The molecule has 3 aliphatic rings. The molecule has 3 fully saturated rings. The maximum atomic E-state index is 12.4. The van der Waals surface area contributed by atoms with E-state index in [4.69, 9.17) is 14.5 Å². The fourth-order valence-electron chi connectivity index (χ4n) is 4.11.